The Morgan fingerprint density at radius 3 is 2.63 bits per heavy atom. The van der Waals surface area contributed by atoms with Crippen LogP contribution in [0.5, 0.6) is 0 Å². The normalized spacial score (nSPS) is 15.0. The van der Waals surface area contributed by atoms with Crippen molar-refractivity contribution in [2.45, 2.75) is 17.4 Å². The van der Waals surface area contributed by atoms with Crippen LogP contribution in [0.4, 0.5) is 9.18 Å². The molecule has 0 spiro atoms. The van der Waals surface area contributed by atoms with Crippen LogP contribution in [0.1, 0.15) is 16.8 Å². The fourth-order valence-corrected chi connectivity index (χ4v) is 6.56. The van der Waals surface area contributed by atoms with Crippen molar-refractivity contribution in [1.82, 2.24) is 19.8 Å². The van der Waals surface area contributed by atoms with Gasteiger partial charge in [0, 0.05) is 21.2 Å². The lowest BCUT2D eigenvalue weighted by atomic mass is 10.1. The fourth-order valence-electron chi connectivity index (χ4n) is 3.28. The molecule has 0 fully saturated rings. The number of amides is 2. The van der Waals surface area contributed by atoms with Gasteiger partial charge in [0.1, 0.15) is 14.4 Å². The molecule has 0 unspecified atom stereocenters. The summed E-state index contributed by atoms with van der Waals surface area (Å²) in [6, 6.07) is 5.02. The van der Waals surface area contributed by atoms with Gasteiger partial charge in [-0.1, -0.05) is 52.5 Å². The first kappa shape index (κ1) is 26.2. The van der Waals surface area contributed by atoms with Crippen LogP contribution in [-0.2, 0) is 27.9 Å². The van der Waals surface area contributed by atoms with Crippen LogP contribution in [0, 0.1) is 0 Å². The Hall–Kier alpha value is -1.86. The van der Waals surface area contributed by atoms with Gasteiger partial charge >= 0.3 is 6.03 Å². The maximum atomic E-state index is 15.2. The third-order valence-electron chi connectivity index (χ3n) is 4.89. The van der Waals surface area contributed by atoms with Crippen LogP contribution in [0.2, 0.25) is 19.4 Å². The highest BCUT2D eigenvalue weighted by Crippen LogP contribution is 2.34. The van der Waals surface area contributed by atoms with E-state index in [0.29, 0.717) is 32.6 Å². The molecule has 0 atom stereocenters. The first-order valence-electron chi connectivity index (χ1n) is 9.75. The second-order valence-electron chi connectivity index (χ2n) is 7.26. The molecule has 8 nitrogen and oxygen atoms in total. The van der Waals surface area contributed by atoms with Crippen molar-refractivity contribution in [2.24, 2.45) is 0 Å². The van der Waals surface area contributed by atoms with E-state index >= 15 is 4.39 Å². The van der Waals surface area contributed by atoms with Crippen molar-refractivity contribution < 1.29 is 22.3 Å². The van der Waals surface area contributed by atoms with Crippen molar-refractivity contribution in [1.29, 1.82) is 0 Å². The predicted molar refractivity (Wildman–Crippen MR) is 134 cm³/mol. The predicted octanol–water partition coefficient (Wildman–Crippen LogP) is 5.51. The monoisotopic (exact) mass is 598 g/mol. The van der Waals surface area contributed by atoms with Gasteiger partial charge in [-0.05, 0) is 23.8 Å². The first-order valence-corrected chi connectivity index (χ1v) is 13.6. The summed E-state index contributed by atoms with van der Waals surface area (Å²) in [4.78, 5) is 12.2. The van der Waals surface area contributed by atoms with E-state index in [9.17, 15) is 13.2 Å². The summed E-state index contributed by atoms with van der Waals surface area (Å²) in [5.41, 5.74) is 2.06. The first-order chi connectivity index (χ1) is 16.5. The molecule has 2 amide bonds. The molecule has 1 aromatic carbocycles. The number of benzene rings is 1. The molecule has 2 aromatic heterocycles. The number of sulfonamides is 1. The SMILES string of the molecule is O=C(NCC(F)=C1COCc2cnn(Cc3ccc(Cl)cc3Cl)c21)NS(=O)(=O)c1cc(Cl)c(Cl)s1. The molecule has 0 radical (unpaired) electrons. The summed E-state index contributed by atoms with van der Waals surface area (Å²) in [6.07, 6.45) is 1.57. The van der Waals surface area contributed by atoms with E-state index in [1.165, 1.54) is 0 Å². The third-order valence-corrected chi connectivity index (χ3v) is 9.14. The zero-order valence-electron chi connectivity index (χ0n) is 17.4. The van der Waals surface area contributed by atoms with Gasteiger partial charge in [0.25, 0.3) is 10.0 Å². The second kappa shape index (κ2) is 10.6. The lowest BCUT2D eigenvalue weighted by Gasteiger charge is -2.20. The molecule has 186 valence electrons. The molecule has 15 heteroatoms. The van der Waals surface area contributed by atoms with Gasteiger partial charge in [0.2, 0.25) is 0 Å². The summed E-state index contributed by atoms with van der Waals surface area (Å²) in [5.74, 6) is -0.718. The Kier molecular flexibility index (Phi) is 7.96. The lowest BCUT2D eigenvalue weighted by molar-refractivity contribution is 0.144. The Bertz CT molecular complexity index is 1420. The average Bonchev–Trinajstić information content (AvgIpc) is 3.37. The number of urea groups is 1. The molecule has 4 rings (SSSR count). The van der Waals surface area contributed by atoms with Gasteiger partial charge < -0.3 is 10.1 Å². The number of carbonyl (C=O) groups is 1. The summed E-state index contributed by atoms with van der Waals surface area (Å²) < 4.78 is 48.4. The Morgan fingerprint density at radius 1 is 1.17 bits per heavy atom. The quantitative estimate of drug-likeness (QED) is 0.389. The smallest absolute Gasteiger partial charge is 0.329 e. The van der Waals surface area contributed by atoms with E-state index in [0.717, 1.165) is 11.6 Å². The van der Waals surface area contributed by atoms with E-state index in [1.54, 1.807) is 33.8 Å². The molecule has 1 aliphatic heterocycles. The van der Waals surface area contributed by atoms with E-state index < -0.39 is 28.4 Å². The van der Waals surface area contributed by atoms with Gasteiger partial charge in [0.05, 0.1) is 43.2 Å². The average molecular weight is 600 g/mol. The number of nitrogens with zero attached hydrogens (tertiary/aromatic N) is 2. The molecular formula is C20H15Cl4FN4O4S2. The molecule has 0 saturated heterocycles. The number of ether oxygens (including phenoxy) is 1. The van der Waals surface area contributed by atoms with Gasteiger partial charge in [-0.25, -0.2) is 22.3 Å². The Morgan fingerprint density at radius 2 is 1.94 bits per heavy atom. The van der Waals surface area contributed by atoms with Gasteiger partial charge in [-0.3, -0.25) is 4.68 Å². The standard InChI is InChI=1S/C20H15Cl4FN4O4S2/c21-12-2-1-10(14(22)3-12)7-29-18-11(5-27-29)8-33-9-13(18)16(25)6-26-20(30)28-35(31,32)17-4-15(23)19(24)34-17/h1-5H,6-9H2,(H2,26,28,30). The summed E-state index contributed by atoms with van der Waals surface area (Å²) in [6.45, 7) is -0.163. The van der Waals surface area contributed by atoms with E-state index in [-0.39, 0.29) is 38.9 Å². The molecule has 1 aliphatic rings. The summed E-state index contributed by atoms with van der Waals surface area (Å²) in [5, 5.41) is 7.47. The van der Waals surface area contributed by atoms with Crippen LogP contribution in [0.15, 0.2) is 40.5 Å². The van der Waals surface area contributed by atoms with E-state index in [2.05, 4.69) is 10.4 Å². The number of hydrogen-bond acceptors (Lipinski definition) is 6. The number of hydrogen-bond donors (Lipinski definition) is 2. The van der Waals surface area contributed by atoms with Crippen molar-refractivity contribution in [3.05, 3.63) is 72.5 Å². The third kappa shape index (κ3) is 5.93. The minimum Gasteiger partial charge on any atom is -0.372 e. The Labute approximate surface area is 223 Å². The topological polar surface area (TPSA) is 102 Å². The molecule has 35 heavy (non-hydrogen) atoms. The number of fused-ring (bicyclic) bond motifs is 1. The molecule has 3 heterocycles. The lowest BCUT2D eigenvalue weighted by Crippen LogP contribution is -2.39. The van der Waals surface area contributed by atoms with Crippen molar-refractivity contribution in [3.63, 3.8) is 0 Å². The van der Waals surface area contributed by atoms with Crippen LogP contribution in [0.25, 0.3) is 5.57 Å². The van der Waals surface area contributed by atoms with Crippen molar-refractivity contribution >= 4 is 79.4 Å². The number of nitrogens with one attached hydrogen (secondary N) is 2. The zero-order chi connectivity index (χ0) is 25.3. The van der Waals surface area contributed by atoms with Crippen molar-refractivity contribution in [2.75, 3.05) is 13.2 Å². The molecule has 0 saturated carbocycles. The van der Waals surface area contributed by atoms with Crippen LogP contribution >= 0.6 is 57.7 Å². The molecular weight excluding hydrogens is 585 g/mol. The highest BCUT2D eigenvalue weighted by molar-refractivity contribution is 7.92. The molecule has 0 aliphatic carbocycles. The molecule has 0 bridgehead atoms. The van der Waals surface area contributed by atoms with E-state index in [1.807, 2.05) is 0 Å². The minimum absolute atomic E-state index is 0.0397. The zero-order valence-corrected chi connectivity index (χ0v) is 22.1. The van der Waals surface area contributed by atoms with Crippen molar-refractivity contribution in [3.8, 4) is 0 Å². The number of aromatic nitrogens is 2. The molecule has 3 aromatic rings. The fraction of sp³-hybridized carbons (Fsp3) is 0.200. The second-order valence-corrected chi connectivity index (χ2v) is 12.1. The maximum Gasteiger partial charge on any atom is 0.329 e. The minimum atomic E-state index is -4.23. The van der Waals surface area contributed by atoms with Gasteiger partial charge in [-0.2, -0.15) is 5.10 Å². The van der Waals surface area contributed by atoms with E-state index in [4.69, 9.17) is 51.1 Å². The van der Waals surface area contributed by atoms with Crippen LogP contribution in [0.3, 0.4) is 0 Å². The summed E-state index contributed by atoms with van der Waals surface area (Å²) >= 11 is 24.5. The van der Waals surface area contributed by atoms with Gasteiger partial charge in [0.15, 0.2) is 0 Å². The van der Waals surface area contributed by atoms with Crippen LogP contribution < -0.4 is 10.0 Å². The number of carbonyl (C=O) groups excluding carboxylic acids is 1. The summed E-state index contributed by atoms with van der Waals surface area (Å²) in [7, 11) is -4.23. The number of thiophene rings is 1. The maximum absolute atomic E-state index is 15.2. The van der Waals surface area contributed by atoms with Gasteiger partial charge in [-0.15, -0.1) is 11.3 Å². The molecule has 2 N–H and O–H groups in total. The highest BCUT2D eigenvalue weighted by atomic mass is 35.5. The Balaban J connectivity index is 1.50. The number of halogens is 5. The highest BCUT2D eigenvalue weighted by Gasteiger charge is 2.26. The van der Waals surface area contributed by atoms with Crippen LogP contribution in [-0.4, -0.2) is 37.4 Å². The number of rotatable bonds is 6. The largest absolute Gasteiger partial charge is 0.372 e.